The molecule has 2 unspecified atom stereocenters. The molecular weight excluding hydrogens is 354 g/mol. The second-order valence-electron chi connectivity index (χ2n) is 5.25. The van der Waals surface area contributed by atoms with Crippen molar-refractivity contribution in [3.8, 4) is 6.07 Å². The Bertz CT molecular complexity index is 736. The van der Waals surface area contributed by atoms with E-state index in [9.17, 15) is 10.1 Å². The Morgan fingerprint density at radius 3 is 2.61 bits per heavy atom. The first-order chi connectivity index (χ1) is 11.1. The maximum absolute atomic E-state index is 12.3. The van der Waals surface area contributed by atoms with E-state index in [0.29, 0.717) is 0 Å². The largest absolute Gasteiger partial charge is 0.465 e. The predicted molar refractivity (Wildman–Crippen MR) is 92.9 cm³/mol. The SMILES string of the molecule is CCOC(=O)C(C#N)C(c1cccc(Br)c1)c1ccccc1C. The molecule has 0 radical (unpaired) electrons. The van der Waals surface area contributed by atoms with Crippen LogP contribution in [0, 0.1) is 24.2 Å². The van der Waals surface area contributed by atoms with Gasteiger partial charge in [0.2, 0.25) is 0 Å². The molecule has 4 heteroatoms. The number of hydrogen-bond acceptors (Lipinski definition) is 3. The fourth-order valence-electron chi connectivity index (χ4n) is 2.68. The van der Waals surface area contributed by atoms with Crippen molar-refractivity contribution in [2.75, 3.05) is 6.61 Å². The number of benzene rings is 2. The van der Waals surface area contributed by atoms with Crippen molar-refractivity contribution in [3.63, 3.8) is 0 Å². The average Bonchev–Trinajstić information content (AvgIpc) is 2.53. The number of nitriles is 1. The highest BCUT2D eigenvalue weighted by atomic mass is 79.9. The van der Waals surface area contributed by atoms with Crippen LogP contribution in [-0.4, -0.2) is 12.6 Å². The van der Waals surface area contributed by atoms with Gasteiger partial charge in [0.25, 0.3) is 0 Å². The molecule has 3 nitrogen and oxygen atoms in total. The summed E-state index contributed by atoms with van der Waals surface area (Å²) >= 11 is 3.46. The van der Waals surface area contributed by atoms with E-state index >= 15 is 0 Å². The topological polar surface area (TPSA) is 50.1 Å². The number of ether oxygens (including phenoxy) is 1. The monoisotopic (exact) mass is 371 g/mol. The van der Waals surface area contributed by atoms with Crippen molar-refractivity contribution < 1.29 is 9.53 Å². The maximum atomic E-state index is 12.3. The van der Waals surface area contributed by atoms with Gasteiger partial charge >= 0.3 is 5.97 Å². The second-order valence-corrected chi connectivity index (χ2v) is 6.16. The number of nitrogens with zero attached hydrogens (tertiary/aromatic N) is 1. The molecule has 0 bridgehead atoms. The molecule has 2 atom stereocenters. The average molecular weight is 372 g/mol. The molecule has 2 aromatic rings. The first-order valence-electron chi connectivity index (χ1n) is 7.45. The van der Waals surface area contributed by atoms with E-state index in [4.69, 9.17) is 4.74 Å². The van der Waals surface area contributed by atoms with Gasteiger partial charge in [0.15, 0.2) is 5.92 Å². The van der Waals surface area contributed by atoms with Crippen LogP contribution < -0.4 is 0 Å². The molecule has 23 heavy (non-hydrogen) atoms. The van der Waals surface area contributed by atoms with E-state index < -0.39 is 11.9 Å². The van der Waals surface area contributed by atoms with Crippen LogP contribution in [0.5, 0.6) is 0 Å². The van der Waals surface area contributed by atoms with E-state index in [1.165, 1.54) is 0 Å². The highest BCUT2D eigenvalue weighted by molar-refractivity contribution is 9.10. The lowest BCUT2D eigenvalue weighted by Gasteiger charge is -2.23. The molecule has 0 amide bonds. The molecule has 0 fully saturated rings. The molecule has 0 saturated heterocycles. The standard InChI is InChI=1S/C19H18BrNO2/c1-3-23-19(22)17(12-21)18(14-8-6-9-15(20)11-14)16-10-5-4-7-13(16)2/h4-11,17-18H,3H2,1-2H3. The van der Waals surface area contributed by atoms with Gasteiger partial charge < -0.3 is 4.74 Å². The number of hydrogen-bond donors (Lipinski definition) is 0. The van der Waals surface area contributed by atoms with Crippen LogP contribution in [0.15, 0.2) is 53.0 Å². The number of halogens is 1. The van der Waals surface area contributed by atoms with Crippen LogP contribution in [0.3, 0.4) is 0 Å². The lowest BCUT2D eigenvalue weighted by atomic mass is 9.79. The molecule has 0 aliphatic rings. The van der Waals surface area contributed by atoms with Crippen LogP contribution in [-0.2, 0) is 9.53 Å². The summed E-state index contributed by atoms with van der Waals surface area (Å²) in [7, 11) is 0. The Morgan fingerprint density at radius 2 is 2.00 bits per heavy atom. The summed E-state index contributed by atoms with van der Waals surface area (Å²) in [6.07, 6.45) is 0. The highest BCUT2D eigenvalue weighted by Crippen LogP contribution is 2.35. The van der Waals surface area contributed by atoms with Gasteiger partial charge in [-0.3, -0.25) is 4.79 Å². The fraction of sp³-hybridized carbons (Fsp3) is 0.263. The Labute approximate surface area is 145 Å². The van der Waals surface area contributed by atoms with Crippen LogP contribution in [0.25, 0.3) is 0 Å². The first-order valence-corrected chi connectivity index (χ1v) is 8.25. The van der Waals surface area contributed by atoms with Gasteiger partial charge in [0.1, 0.15) is 0 Å². The third-order valence-electron chi connectivity index (χ3n) is 3.74. The zero-order valence-electron chi connectivity index (χ0n) is 13.1. The second kappa shape index (κ2) is 7.94. The van der Waals surface area contributed by atoms with E-state index in [2.05, 4.69) is 22.0 Å². The maximum Gasteiger partial charge on any atom is 0.324 e. The van der Waals surface area contributed by atoms with Gasteiger partial charge in [-0.05, 0) is 42.7 Å². The van der Waals surface area contributed by atoms with E-state index in [1.807, 2.05) is 55.5 Å². The molecular formula is C19H18BrNO2. The Morgan fingerprint density at radius 1 is 1.26 bits per heavy atom. The van der Waals surface area contributed by atoms with Crippen molar-refractivity contribution in [2.24, 2.45) is 5.92 Å². The summed E-state index contributed by atoms with van der Waals surface area (Å²) in [5.41, 5.74) is 2.92. The third-order valence-corrected chi connectivity index (χ3v) is 4.24. The van der Waals surface area contributed by atoms with Gasteiger partial charge in [-0.1, -0.05) is 52.3 Å². The minimum atomic E-state index is -0.884. The normalized spacial score (nSPS) is 13.0. The zero-order chi connectivity index (χ0) is 16.8. The molecule has 0 aliphatic carbocycles. The van der Waals surface area contributed by atoms with Crippen molar-refractivity contribution in [3.05, 3.63) is 69.7 Å². The predicted octanol–water partition coefficient (Wildman–Crippen LogP) is 4.59. The molecule has 0 heterocycles. The Balaban J connectivity index is 2.58. The molecule has 0 saturated carbocycles. The van der Waals surface area contributed by atoms with Crippen molar-refractivity contribution in [1.29, 1.82) is 5.26 Å². The minimum Gasteiger partial charge on any atom is -0.465 e. The van der Waals surface area contributed by atoms with E-state index in [-0.39, 0.29) is 12.5 Å². The van der Waals surface area contributed by atoms with E-state index in [0.717, 1.165) is 21.2 Å². The summed E-state index contributed by atoms with van der Waals surface area (Å²) in [5.74, 6) is -1.73. The number of carbonyl (C=O) groups excluding carboxylic acids is 1. The van der Waals surface area contributed by atoms with Gasteiger partial charge in [-0.15, -0.1) is 0 Å². The Kier molecular flexibility index (Phi) is 5.95. The molecule has 0 aliphatic heterocycles. The molecule has 0 N–H and O–H groups in total. The zero-order valence-corrected chi connectivity index (χ0v) is 14.7. The van der Waals surface area contributed by atoms with Crippen LogP contribution >= 0.6 is 15.9 Å². The lowest BCUT2D eigenvalue weighted by Crippen LogP contribution is -2.24. The highest BCUT2D eigenvalue weighted by Gasteiger charge is 2.33. The summed E-state index contributed by atoms with van der Waals surface area (Å²) in [5, 5.41) is 9.61. The summed E-state index contributed by atoms with van der Waals surface area (Å²) in [4.78, 5) is 12.3. The first kappa shape index (κ1) is 17.2. The summed E-state index contributed by atoms with van der Waals surface area (Å²) < 4.78 is 6.03. The van der Waals surface area contributed by atoms with Gasteiger partial charge in [0.05, 0.1) is 12.7 Å². The van der Waals surface area contributed by atoms with Crippen molar-refractivity contribution in [1.82, 2.24) is 0 Å². The summed E-state index contributed by atoms with van der Waals surface area (Å²) in [6, 6.07) is 17.7. The van der Waals surface area contributed by atoms with E-state index in [1.54, 1.807) is 6.92 Å². The van der Waals surface area contributed by atoms with Gasteiger partial charge in [0, 0.05) is 10.4 Å². The van der Waals surface area contributed by atoms with Crippen LogP contribution in [0.1, 0.15) is 29.5 Å². The van der Waals surface area contributed by atoms with Gasteiger partial charge in [-0.2, -0.15) is 5.26 Å². The van der Waals surface area contributed by atoms with Crippen molar-refractivity contribution >= 4 is 21.9 Å². The number of esters is 1. The molecule has 0 aromatic heterocycles. The van der Waals surface area contributed by atoms with Crippen LogP contribution in [0.2, 0.25) is 0 Å². The minimum absolute atomic E-state index is 0.260. The lowest BCUT2D eigenvalue weighted by molar-refractivity contribution is -0.146. The Hall–Kier alpha value is -2.12. The number of aryl methyl sites for hydroxylation is 1. The number of carbonyl (C=O) groups is 1. The molecule has 118 valence electrons. The molecule has 2 rings (SSSR count). The fourth-order valence-corrected chi connectivity index (χ4v) is 3.10. The quantitative estimate of drug-likeness (QED) is 0.722. The summed E-state index contributed by atoms with van der Waals surface area (Å²) in [6.45, 7) is 3.99. The number of rotatable bonds is 5. The van der Waals surface area contributed by atoms with Crippen molar-refractivity contribution in [2.45, 2.75) is 19.8 Å². The molecule has 0 spiro atoms. The third kappa shape index (κ3) is 4.00. The smallest absolute Gasteiger partial charge is 0.324 e. The molecule has 2 aromatic carbocycles. The van der Waals surface area contributed by atoms with Crippen LogP contribution in [0.4, 0.5) is 0 Å². The van der Waals surface area contributed by atoms with Gasteiger partial charge in [-0.25, -0.2) is 0 Å².